The van der Waals surface area contributed by atoms with Gasteiger partial charge < -0.3 is 5.32 Å². The van der Waals surface area contributed by atoms with Crippen molar-refractivity contribution in [1.82, 2.24) is 15.1 Å². The molecular weight excluding hydrogens is 206 g/mol. The van der Waals surface area contributed by atoms with Crippen LogP contribution in [0.4, 0.5) is 0 Å². The Kier molecular flexibility index (Phi) is 3.53. The zero-order valence-corrected chi connectivity index (χ0v) is 9.63. The first-order valence-corrected chi connectivity index (χ1v) is 6.02. The van der Waals surface area contributed by atoms with Crippen LogP contribution in [0.2, 0.25) is 0 Å². The van der Waals surface area contributed by atoms with Crippen molar-refractivity contribution in [3.05, 3.63) is 40.3 Å². The molecule has 0 saturated carbocycles. The molecule has 1 N–H and O–H groups in total. The van der Waals surface area contributed by atoms with E-state index in [-0.39, 0.29) is 0 Å². The van der Waals surface area contributed by atoms with Gasteiger partial charge in [0.25, 0.3) is 0 Å². The van der Waals surface area contributed by atoms with Crippen molar-refractivity contribution in [3.63, 3.8) is 0 Å². The lowest BCUT2D eigenvalue weighted by Gasteiger charge is -1.98. The van der Waals surface area contributed by atoms with Gasteiger partial charge in [-0.2, -0.15) is 5.10 Å². The Morgan fingerprint density at radius 1 is 1.47 bits per heavy atom. The molecule has 3 nitrogen and oxygen atoms in total. The number of rotatable bonds is 5. The van der Waals surface area contributed by atoms with Crippen LogP contribution in [0.25, 0.3) is 0 Å². The van der Waals surface area contributed by atoms with Crippen molar-refractivity contribution in [2.24, 2.45) is 0 Å². The first-order chi connectivity index (χ1) is 7.38. The minimum Gasteiger partial charge on any atom is -0.311 e. The molecule has 0 bridgehead atoms. The van der Waals surface area contributed by atoms with Crippen LogP contribution in [-0.4, -0.2) is 16.3 Å². The van der Waals surface area contributed by atoms with Crippen LogP contribution in [0.5, 0.6) is 0 Å². The van der Waals surface area contributed by atoms with Gasteiger partial charge >= 0.3 is 0 Å². The van der Waals surface area contributed by atoms with E-state index in [4.69, 9.17) is 0 Å². The minimum absolute atomic E-state index is 0.855. The zero-order chi connectivity index (χ0) is 10.5. The summed E-state index contributed by atoms with van der Waals surface area (Å²) in [6.45, 7) is 4.82. The van der Waals surface area contributed by atoms with Gasteiger partial charge in [-0.25, -0.2) is 0 Å². The highest BCUT2D eigenvalue weighted by Crippen LogP contribution is 2.10. The second-order valence-electron chi connectivity index (χ2n) is 3.36. The van der Waals surface area contributed by atoms with Crippen molar-refractivity contribution >= 4 is 11.3 Å². The van der Waals surface area contributed by atoms with Crippen molar-refractivity contribution in [3.8, 4) is 0 Å². The third-order valence-electron chi connectivity index (χ3n) is 2.15. The summed E-state index contributed by atoms with van der Waals surface area (Å²) in [5, 5.41) is 9.84. The molecule has 0 saturated heterocycles. The summed E-state index contributed by atoms with van der Waals surface area (Å²) < 4.78 is 1.98. The molecule has 0 amide bonds. The maximum absolute atomic E-state index is 4.48. The summed E-state index contributed by atoms with van der Waals surface area (Å²) in [6.07, 6.45) is 2.03. The molecule has 0 aliphatic heterocycles. The fourth-order valence-electron chi connectivity index (χ4n) is 1.40. The Hall–Kier alpha value is -1.13. The molecule has 2 heterocycles. The van der Waals surface area contributed by atoms with Gasteiger partial charge in [-0.1, -0.05) is 13.0 Å². The summed E-state index contributed by atoms with van der Waals surface area (Å²) in [5.41, 5.74) is 1.11. The summed E-state index contributed by atoms with van der Waals surface area (Å²) in [5.74, 6) is 0. The second-order valence-corrected chi connectivity index (χ2v) is 4.40. The molecule has 0 aromatic carbocycles. The lowest BCUT2D eigenvalue weighted by Crippen LogP contribution is -2.12. The molecule has 4 heteroatoms. The lowest BCUT2D eigenvalue weighted by molar-refractivity contribution is 0.648. The number of aromatic nitrogens is 2. The normalized spacial score (nSPS) is 10.7. The van der Waals surface area contributed by atoms with E-state index in [1.54, 1.807) is 11.3 Å². The van der Waals surface area contributed by atoms with Crippen LogP contribution < -0.4 is 5.32 Å². The van der Waals surface area contributed by atoms with Crippen molar-refractivity contribution in [2.45, 2.75) is 20.0 Å². The zero-order valence-electron chi connectivity index (χ0n) is 8.81. The second kappa shape index (κ2) is 5.09. The van der Waals surface area contributed by atoms with E-state index in [9.17, 15) is 0 Å². The highest BCUT2D eigenvalue weighted by molar-refractivity contribution is 7.09. The Balaban J connectivity index is 1.95. The van der Waals surface area contributed by atoms with Gasteiger partial charge in [0.1, 0.15) is 0 Å². The molecule has 0 aliphatic rings. The molecule has 0 atom stereocenters. The first-order valence-electron chi connectivity index (χ1n) is 5.14. The molecular formula is C11H15N3S. The van der Waals surface area contributed by atoms with Crippen LogP contribution in [-0.2, 0) is 13.1 Å². The Morgan fingerprint density at radius 2 is 2.40 bits per heavy atom. The summed E-state index contributed by atoms with van der Waals surface area (Å²) >= 11 is 1.77. The van der Waals surface area contributed by atoms with Gasteiger partial charge in [-0.3, -0.25) is 4.68 Å². The molecule has 0 fully saturated rings. The van der Waals surface area contributed by atoms with E-state index in [0.717, 1.165) is 25.3 Å². The monoisotopic (exact) mass is 221 g/mol. The van der Waals surface area contributed by atoms with Crippen molar-refractivity contribution in [1.29, 1.82) is 0 Å². The smallest absolute Gasteiger partial charge is 0.0762 e. The summed E-state index contributed by atoms with van der Waals surface area (Å²) in [6, 6.07) is 6.27. The third-order valence-corrected chi connectivity index (χ3v) is 3.01. The fraction of sp³-hybridized carbons (Fsp3) is 0.364. The molecule has 15 heavy (non-hydrogen) atoms. The fourth-order valence-corrected chi connectivity index (χ4v) is 2.10. The predicted molar refractivity (Wildman–Crippen MR) is 63.0 cm³/mol. The van der Waals surface area contributed by atoms with Crippen LogP contribution in [0, 0.1) is 0 Å². The Labute approximate surface area is 93.7 Å². The van der Waals surface area contributed by atoms with E-state index in [1.807, 2.05) is 10.9 Å². The van der Waals surface area contributed by atoms with E-state index in [0.29, 0.717) is 0 Å². The van der Waals surface area contributed by atoms with Crippen molar-refractivity contribution in [2.75, 3.05) is 6.54 Å². The van der Waals surface area contributed by atoms with E-state index in [2.05, 4.69) is 40.9 Å². The standard InChI is InChI=1S/C11H15N3S/c1-2-12-8-10-5-6-14(13-10)9-11-4-3-7-15-11/h3-7,12H,2,8-9H2,1H3. The van der Waals surface area contributed by atoms with E-state index >= 15 is 0 Å². The van der Waals surface area contributed by atoms with Gasteiger partial charge in [0.05, 0.1) is 12.2 Å². The molecule has 2 aromatic heterocycles. The van der Waals surface area contributed by atoms with Gasteiger partial charge in [-0.15, -0.1) is 11.3 Å². The molecule has 0 aliphatic carbocycles. The van der Waals surface area contributed by atoms with Crippen molar-refractivity contribution < 1.29 is 0 Å². The SMILES string of the molecule is CCNCc1ccn(Cc2cccs2)n1. The molecule has 2 aromatic rings. The maximum Gasteiger partial charge on any atom is 0.0762 e. The van der Waals surface area contributed by atoms with E-state index in [1.165, 1.54) is 4.88 Å². The quantitative estimate of drug-likeness (QED) is 0.838. The van der Waals surface area contributed by atoms with Gasteiger partial charge in [0.15, 0.2) is 0 Å². The predicted octanol–water partition coefficient (Wildman–Crippen LogP) is 2.10. The highest BCUT2D eigenvalue weighted by atomic mass is 32.1. The molecule has 0 radical (unpaired) electrons. The minimum atomic E-state index is 0.855. The highest BCUT2D eigenvalue weighted by Gasteiger charge is 1.99. The molecule has 80 valence electrons. The largest absolute Gasteiger partial charge is 0.311 e. The molecule has 2 rings (SSSR count). The lowest BCUT2D eigenvalue weighted by atomic mass is 10.4. The summed E-state index contributed by atoms with van der Waals surface area (Å²) in [4.78, 5) is 1.34. The number of hydrogen-bond donors (Lipinski definition) is 1. The molecule has 0 spiro atoms. The Morgan fingerprint density at radius 3 is 3.13 bits per heavy atom. The van der Waals surface area contributed by atoms with Crippen LogP contribution in [0.1, 0.15) is 17.5 Å². The van der Waals surface area contributed by atoms with E-state index < -0.39 is 0 Å². The average molecular weight is 221 g/mol. The maximum atomic E-state index is 4.48. The molecule has 0 unspecified atom stereocenters. The third kappa shape index (κ3) is 2.91. The van der Waals surface area contributed by atoms with Crippen LogP contribution in [0.3, 0.4) is 0 Å². The van der Waals surface area contributed by atoms with Gasteiger partial charge in [-0.05, 0) is 24.1 Å². The summed E-state index contributed by atoms with van der Waals surface area (Å²) in [7, 11) is 0. The van der Waals surface area contributed by atoms with Crippen LogP contribution in [0.15, 0.2) is 29.8 Å². The number of nitrogens with zero attached hydrogens (tertiary/aromatic N) is 2. The average Bonchev–Trinajstić information content (AvgIpc) is 2.87. The number of thiophene rings is 1. The van der Waals surface area contributed by atoms with Gasteiger partial charge in [0.2, 0.25) is 0 Å². The number of hydrogen-bond acceptors (Lipinski definition) is 3. The number of nitrogens with one attached hydrogen (secondary N) is 1. The van der Waals surface area contributed by atoms with Gasteiger partial charge in [0, 0.05) is 17.6 Å². The topological polar surface area (TPSA) is 29.9 Å². The van der Waals surface area contributed by atoms with Crippen LogP contribution >= 0.6 is 11.3 Å². The Bertz CT molecular complexity index is 392. The first kappa shape index (κ1) is 10.4.